The third-order valence-electron chi connectivity index (χ3n) is 5.26. The van der Waals surface area contributed by atoms with Crippen LogP contribution in [0.15, 0.2) is 48.5 Å². The molecular weight excluding hydrogens is 286 g/mol. The molecule has 1 atom stereocenters. The summed E-state index contributed by atoms with van der Waals surface area (Å²) in [5.41, 5.74) is 1.82. The van der Waals surface area contributed by atoms with Crippen molar-refractivity contribution in [2.24, 2.45) is 0 Å². The fraction of sp³-hybridized carbons (Fsp3) is 0.350. The van der Waals surface area contributed by atoms with Gasteiger partial charge in [-0.3, -0.25) is 4.79 Å². The van der Waals surface area contributed by atoms with Crippen molar-refractivity contribution in [3.05, 3.63) is 70.8 Å². The smallest absolute Gasteiger partial charge is 0.254 e. The van der Waals surface area contributed by atoms with E-state index in [-0.39, 0.29) is 5.91 Å². The third-order valence-corrected chi connectivity index (χ3v) is 5.26. The summed E-state index contributed by atoms with van der Waals surface area (Å²) in [6.07, 6.45) is 6.46. The summed E-state index contributed by atoms with van der Waals surface area (Å²) < 4.78 is 0. The number of aliphatic hydroxyl groups is 1. The van der Waals surface area contributed by atoms with Gasteiger partial charge in [0.15, 0.2) is 5.72 Å². The predicted molar refractivity (Wildman–Crippen MR) is 89.2 cm³/mol. The number of benzene rings is 2. The molecule has 2 aliphatic rings. The molecule has 2 aromatic carbocycles. The summed E-state index contributed by atoms with van der Waals surface area (Å²) >= 11 is 0. The van der Waals surface area contributed by atoms with E-state index in [1.54, 1.807) is 6.07 Å². The fourth-order valence-electron chi connectivity index (χ4n) is 3.96. The number of amides is 1. The Kier molecular flexibility index (Phi) is 3.46. The first kappa shape index (κ1) is 14.5. The van der Waals surface area contributed by atoms with E-state index in [0.717, 1.165) is 5.56 Å². The van der Waals surface area contributed by atoms with Gasteiger partial charge in [-0.25, -0.2) is 0 Å². The number of carbonyl (C=O) groups is 1. The van der Waals surface area contributed by atoms with Crippen molar-refractivity contribution in [2.45, 2.75) is 43.7 Å². The van der Waals surface area contributed by atoms with Gasteiger partial charge < -0.3 is 10.4 Å². The third kappa shape index (κ3) is 2.36. The molecule has 23 heavy (non-hydrogen) atoms. The van der Waals surface area contributed by atoms with Crippen molar-refractivity contribution in [2.75, 3.05) is 0 Å². The Hall–Kier alpha value is -2.13. The number of hydrogen-bond acceptors (Lipinski definition) is 2. The molecule has 118 valence electrons. The highest BCUT2D eigenvalue weighted by Gasteiger charge is 2.42. The number of rotatable bonds is 2. The fourth-order valence-corrected chi connectivity index (χ4v) is 3.96. The minimum absolute atomic E-state index is 0.223. The van der Waals surface area contributed by atoms with Gasteiger partial charge in [-0.1, -0.05) is 61.7 Å². The van der Waals surface area contributed by atoms with Crippen molar-refractivity contribution in [1.29, 1.82) is 0 Å². The highest BCUT2D eigenvalue weighted by Crippen LogP contribution is 2.37. The van der Waals surface area contributed by atoms with Crippen molar-refractivity contribution < 1.29 is 9.90 Å². The summed E-state index contributed by atoms with van der Waals surface area (Å²) in [5.74, 6) is 0.414. The van der Waals surface area contributed by atoms with Gasteiger partial charge in [-0.15, -0.1) is 0 Å². The van der Waals surface area contributed by atoms with Crippen LogP contribution in [0.4, 0.5) is 0 Å². The van der Waals surface area contributed by atoms with Crippen LogP contribution in [0.2, 0.25) is 0 Å². The first-order chi connectivity index (χ1) is 11.2. The quantitative estimate of drug-likeness (QED) is 0.889. The molecule has 1 heterocycles. The first-order valence-corrected chi connectivity index (χ1v) is 8.43. The zero-order chi connectivity index (χ0) is 15.9. The molecule has 1 unspecified atom stereocenters. The highest BCUT2D eigenvalue weighted by molar-refractivity contribution is 6.00. The molecular formula is C20H21NO2. The maximum atomic E-state index is 12.1. The van der Waals surface area contributed by atoms with Crippen LogP contribution in [0.1, 0.15) is 65.1 Å². The zero-order valence-electron chi connectivity index (χ0n) is 13.1. The molecule has 1 aliphatic carbocycles. The van der Waals surface area contributed by atoms with Crippen LogP contribution < -0.4 is 5.32 Å². The van der Waals surface area contributed by atoms with Crippen molar-refractivity contribution >= 4 is 5.91 Å². The van der Waals surface area contributed by atoms with Crippen LogP contribution in [0.3, 0.4) is 0 Å². The van der Waals surface area contributed by atoms with Crippen LogP contribution in [-0.2, 0) is 5.72 Å². The van der Waals surface area contributed by atoms with Crippen LogP contribution in [-0.4, -0.2) is 11.0 Å². The summed E-state index contributed by atoms with van der Waals surface area (Å²) in [4.78, 5) is 12.1. The average molecular weight is 307 g/mol. The zero-order valence-corrected chi connectivity index (χ0v) is 13.1. The molecule has 0 saturated heterocycles. The second kappa shape index (κ2) is 5.50. The van der Waals surface area contributed by atoms with Crippen molar-refractivity contribution in [3.8, 4) is 0 Å². The Labute approximate surface area is 136 Å². The van der Waals surface area contributed by atoms with E-state index in [1.807, 2.05) is 30.3 Å². The number of nitrogens with one attached hydrogen (secondary N) is 1. The van der Waals surface area contributed by atoms with Crippen molar-refractivity contribution in [3.63, 3.8) is 0 Å². The second-order valence-corrected chi connectivity index (χ2v) is 6.67. The molecule has 1 fully saturated rings. The van der Waals surface area contributed by atoms with E-state index in [4.69, 9.17) is 0 Å². The van der Waals surface area contributed by atoms with Crippen LogP contribution in [0, 0.1) is 0 Å². The molecule has 0 bridgehead atoms. The molecule has 3 heteroatoms. The summed E-state index contributed by atoms with van der Waals surface area (Å²) in [6.45, 7) is 0. The lowest BCUT2D eigenvalue weighted by Gasteiger charge is -2.26. The summed E-state index contributed by atoms with van der Waals surface area (Å²) in [5, 5.41) is 13.8. The second-order valence-electron chi connectivity index (χ2n) is 6.67. The van der Waals surface area contributed by atoms with Gasteiger partial charge in [-0.2, -0.15) is 0 Å². The minimum atomic E-state index is -1.42. The maximum Gasteiger partial charge on any atom is 0.254 e. The van der Waals surface area contributed by atoms with Gasteiger partial charge >= 0.3 is 0 Å². The molecule has 4 rings (SSSR count). The van der Waals surface area contributed by atoms with Crippen LogP contribution in [0.25, 0.3) is 0 Å². The Morgan fingerprint density at radius 3 is 2.39 bits per heavy atom. The molecule has 1 aliphatic heterocycles. The maximum absolute atomic E-state index is 12.1. The Balaban J connectivity index is 1.67. The normalized spacial score (nSPS) is 24.3. The number of fused-ring (bicyclic) bond motifs is 1. The summed E-state index contributed by atoms with van der Waals surface area (Å²) in [7, 11) is 0. The van der Waals surface area contributed by atoms with Crippen molar-refractivity contribution in [1.82, 2.24) is 5.32 Å². The Morgan fingerprint density at radius 1 is 0.957 bits per heavy atom. The lowest BCUT2D eigenvalue weighted by atomic mass is 9.83. The van der Waals surface area contributed by atoms with Crippen LogP contribution >= 0.6 is 0 Å². The topological polar surface area (TPSA) is 49.3 Å². The van der Waals surface area contributed by atoms with Gasteiger partial charge in [0.05, 0.1) is 0 Å². The lowest BCUT2D eigenvalue weighted by Crippen LogP contribution is -2.40. The van der Waals surface area contributed by atoms with E-state index in [2.05, 4.69) is 17.4 Å². The van der Waals surface area contributed by atoms with E-state index < -0.39 is 5.72 Å². The van der Waals surface area contributed by atoms with E-state index in [0.29, 0.717) is 17.0 Å². The SMILES string of the molecule is O=C1NC(O)(c2ccc(C3CCCCC3)cc2)c2ccccc21. The standard InChI is InChI=1S/C20H21NO2/c22-19-17-8-4-5-9-18(17)20(23,21-19)16-12-10-15(11-13-16)14-6-2-1-3-7-14/h4-5,8-14,23H,1-3,6-7H2,(H,21,22). The van der Waals surface area contributed by atoms with Gasteiger partial charge in [-0.05, 0) is 30.4 Å². The largest absolute Gasteiger partial charge is 0.363 e. The molecule has 0 spiro atoms. The number of carbonyl (C=O) groups excluding carboxylic acids is 1. The first-order valence-electron chi connectivity index (χ1n) is 8.43. The predicted octanol–water partition coefficient (Wildman–Crippen LogP) is 3.67. The molecule has 3 nitrogen and oxygen atoms in total. The molecule has 2 aromatic rings. The van der Waals surface area contributed by atoms with Crippen LogP contribution in [0.5, 0.6) is 0 Å². The molecule has 2 N–H and O–H groups in total. The van der Waals surface area contributed by atoms with Gasteiger partial charge in [0.25, 0.3) is 5.91 Å². The minimum Gasteiger partial charge on any atom is -0.363 e. The Bertz CT molecular complexity index is 732. The van der Waals surface area contributed by atoms with E-state index in [1.165, 1.54) is 37.7 Å². The average Bonchev–Trinajstić information content (AvgIpc) is 2.88. The number of hydrogen-bond donors (Lipinski definition) is 2. The van der Waals surface area contributed by atoms with Gasteiger partial charge in [0.1, 0.15) is 0 Å². The van der Waals surface area contributed by atoms with E-state index >= 15 is 0 Å². The summed E-state index contributed by atoms with van der Waals surface area (Å²) in [6, 6.07) is 15.3. The lowest BCUT2D eigenvalue weighted by molar-refractivity contribution is 0.0476. The molecule has 1 saturated carbocycles. The molecule has 0 radical (unpaired) electrons. The molecule has 0 aromatic heterocycles. The van der Waals surface area contributed by atoms with Gasteiger partial charge in [0.2, 0.25) is 0 Å². The Morgan fingerprint density at radius 2 is 1.65 bits per heavy atom. The van der Waals surface area contributed by atoms with Gasteiger partial charge in [0, 0.05) is 16.7 Å². The highest BCUT2D eigenvalue weighted by atomic mass is 16.3. The van der Waals surface area contributed by atoms with E-state index in [9.17, 15) is 9.90 Å². The molecule has 1 amide bonds. The monoisotopic (exact) mass is 307 g/mol.